The predicted octanol–water partition coefficient (Wildman–Crippen LogP) is 4.36. The molecule has 21 heavy (non-hydrogen) atoms. The molecule has 0 radical (unpaired) electrons. The van der Waals surface area contributed by atoms with Gasteiger partial charge in [0, 0.05) is 12.1 Å². The number of hydrogen-bond acceptors (Lipinski definition) is 2. The summed E-state index contributed by atoms with van der Waals surface area (Å²) in [6.45, 7) is 0.628. The molecule has 2 aromatic carbocycles. The fourth-order valence-corrected chi connectivity index (χ4v) is 2.63. The first-order chi connectivity index (χ1) is 10.3. The third-order valence-electron chi connectivity index (χ3n) is 3.29. The molecule has 2 rings (SSSR count). The van der Waals surface area contributed by atoms with Crippen LogP contribution in [-0.2, 0) is 11.3 Å². The monoisotopic (exact) mass is 299 g/mol. The van der Waals surface area contributed by atoms with Crippen LogP contribution in [0.15, 0.2) is 60.7 Å². The Kier molecular flexibility index (Phi) is 6.35. The molecule has 1 amide bonds. The van der Waals surface area contributed by atoms with Crippen LogP contribution in [0.25, 0.3) is 0 Å². The lowest BCUT2D eigenvalue weighted by Crippen LogP contribution is -2.30. The number of carbonyl (C=O) groups excluding carboxylic acids is 1. The highest BCUT2D eigenvalue weighted by Crippen LogP contribution is 2.18. The largest absolute Gasteiger partial charge is 0.308 e. The molecule has 0 bridgehead atoms. The lowest BCUT2D eigenvalue weighted by Gasteiger charge is -2.23. The number of hydrogen-bond donors (Lipinski definition) is 0. The Morgan fingerprint density at radius 1 is 1.00 bits per heavy atom. The molecule has 0 unspecified atom stereocenters. The molecule has 0 aliphatic rings. The van der Waals surface area contributed by atoms with Gasteiger partial charge >= 0.3 is 0 Å². The zero-order valence-corrected chi connectivity index (χ0v) is 13.2. The van der Waals surface area contributed by atoms with Crippen LogP contribution in [0.3, 0.4) is 0 Å². The first-order valence-corrected chi connectivity index (χ1v) is 8.59. The second kappa shape index (κ2) is 8.53. The molecule has 0 fully saturated rings. The summed E-state index contributed by atoms with van der Waals surface area (Å²) in [5, 5.41) is 0. The van der Waals surface area contributed by atoms with E-state index in [0.29, 0.717) is 13.0 Å². The number of para-hydroxylation sites is 1. The van der Waals surface area contributed by atoms with Crippen molar-refractivity contribution >= 4 is 23.4 Å². The Morgan fingerprint density at radius 3 is 2.24 bits per heavy atom. The molecule has 0 saturated carbocycles. The summed E-state index contributed by atoms with van der Waals surface area (Å²) in [6.07, 6.45) is 3.60. The number of anilines is 1. The number of rotatable bonds is 7. The van der Waals surface area contributed by atoms with Gasteiger partial charge in [0.25, 0.3) is 0 Å². The number of amides is 1. The topological polar surface area (TPSA) is 20.3 Å². The van der Waals surface area contributed by atoms with Crippen molar-refractivity contribution in [3.63, 3.8) is 0 Å². The molecule has 0 atom stereocenters. The molecule has 110 valence electrons. The van der Waals surface area contributed by atoms with Crippen LogP contribution in [0.4, 0.5) is 5.69 Å². The summed E-state index contributed by atoms with van der Waals surface area (Å²) in [7, 11) is 0. The lowest BCUT2D eigenvalue weighted by molar-refractivity contribution is -0.118. The van der Waals surface area contributed by atoms with Crippen molar-refractivity contribution in [2.45, 2.75) is 19.4 Å². The summed E-state index contributed by atoms with van der Waals surface area (Å²) < 4.78 is 0. The molecule has 2 aromatic rings. The van der Waals surface area contributed by atoms with Crippen LogP contribution >= 0.6 is 11.8 Å². The van der Waals surface area contributed by atoms with Gasteiger partial charge in [-0.2, -0.15) is 11.8 Å². The summed E-state index contributed by atoms with van der Waals surface area (Å²) >= 11 is 1.78. The van der Waals surface area contributed by atoms with E-state index in [4.69, 9.17) is 0 Å². The molecule has 0 saturated heterocycles. The van der Waals surface area contributed by atoms with E-state index in [-0.39, 0.29) is 5.91 Å². The summed E-state index contributed by atoms with van der Waals surface area (Å²) in [6, 6.07) is 20.1. The summed E-state index contributed by atoms with van der Waals surface area (Å²) in [4.78, 5) is 14.4. The normalized spacial score (nSPS) is 10.3. The van der Waals surface area contributed by atoms with Gasteiger partial charge in [-0.15, -0.1) is 0 Å². The van der Waals surface area contributed by atoms with E-state index in [1.54, 1.807) is 11.8 Å². The minimum Gasteiger partial charge on any atom is -0.308 e. The second-order valence-electron chi connectivity index (χ2n) is 4.90. The van der Waals surface area contributed by atoms with Crippen LogP contribution in [-0.4, -0.2) is 17.9 Å². The molecule has 0 N–H and O–H groups in total. The number of thioether (sulfide) groups is 1. The van der Waals surface area contributed by atoms with E-state index in [2.05, 4.69) is 18.4 Å². The van der Waals surface area contributed by atoms with Crippen LogP contribution in [0.1, 0.15) is 18.4 Å². The average Bonchev–Trinajstić information content (AvgIpc) is 2.54. The second-order valence-corrected chi connectivity index (χ2v) is 5.88. The van der Waals surface area contributed by atoms with E-state index in [1.807, 2.05) is 53.4 Å². The fourth-order valence-electron chi connectivity index (χ4n) is 2.20. The zero-order chi connectivity index (χ0) is 14.9. The van der Waals surface area contributed by atoms with Gasteiger partial charge in [0.05, 0.1) is 6.54 Å². The standard InChI is InChI=1S/C18H21NOS/c1-21-14-8-13-18(20)19(17-11-6-3-7-12-17)15-16-9-4-2-5-10-16/h2-7,9-12H,8,13-15H2,1H3. The van der Waals surface area contributed by atoms with Crippen molar-refractivity contribution in [1.82, 2.24) is 0 Å². The summed E-state index contributed by atoms with van der Waals surface area (Å²) in [5.74, 6) is 1.22. The Labute approximate surface area is 131 Å². The minimum absolute atomic E-state index is 0.194. The van der Waals surface area contributed by atoms with Gasteiger partial charge in [0.2, 0.25) is 5.91 Å². The predicted molar refractivity (Wildman–Crippen MR) is 91.7 cm³/mol. The SMILES string of the molecule is CSCCCC(=O)N(Cc1ccccc1)c1ccccc1. The maximum absolute atomic E-state index is 12.5. The quantitative estimate of drug-likeness (QED) is 0.708. The molecule has 0 aromatic heterocycles. The third kappa shape index (κ3) is 4.94. The first-order valence-electron chi connectivity index (χ1n) is 7.19. The van der Waals surface area contributed by atoms with Gasteiger partial charge in [-0.05, 0) is 36.1 Å². The molecule has 0 heterocycles. The molecular formula is C18H21NOS. The van der Waals surface area contributed by atoms with Crippen molar-refractivity contribution in [2.24, 2.45) is 0 Å². The average molecular weight is 299 g/mol. The highest BCUT2D eigenvalue weighted by atomic mass is 32.2. The van der Waals surface area contributed by atoms with Crippen LogP contribution in [0.5, 0.6) is 0 Å². The Morgan fingerprint density at radius 2 is 1.62 bits per heavy atom. The highest BCUT2D eigenvalue weighted by molar-refractivity contribution is 7.98. The summed E-state index contributed by atoms with van der Waals surface area (Å²) in [5.41, 5.74) is 2.12. The first kappa shape index (κ1) is 15.6. The van der Waals surface area contributed by atoms with E-state index >= 15 is 0 Å². The molecule has 2 nitrogen and oxygen atoms in total. The number of carbonyl (C=O) groups is 1. The molecule has 0 aliphatic carbocycles. The van der Waals surface area contributed by atoms with Gasteiger partial charge in [0.1, 0.15) is 0 Å². The maximum atomic E-state index is 12.5. The Bertz CT molecular complexity index is 542. The van der Waals surface area contributed by atoms with Crippen LogP contribution in [0.2, 0.25) is 0 Å². The fraction of sp³-hybridized carbons (Fsp3) is 0.278. The lowest BCUT2D eigenvalue weighted by atomic mass is 10.1. The maximum Gasteiger partial charge on any atom is 0.227 e. The molecule has 0 spiro atoms. The van der Waals surface area contributed by atoms with Crippen LogP contribution in [0, 0.1) is 0 Å². The van der Waals surface area contributed by atoms with Crippen molar-refractivity contribution in [3.05, 3.63) is 66.2 Å². The minimum atomic E-state index is 0.194. The van der Waals surface area contributed by atoms with Crippen molar-refractivity contribution in [1.29, 1.82) is 0 Å². The molecular weight excluding hydrogens is 278 g/mol. The van der Waals surface area contributed by atoms with E-state index in [1.165, 1.54) is 0 Å². The third-order valence-corrected chi connectivity index (χ3v) is 3.99. The van der Waals surface area contributed by atoms with Crippen molar-refractivity contribution in [2.75, 3.05) is 16.9 Å². The van der Waals surface area contributed by atoms with Crippen molar-refractivity contribution < 1.29 is 4.79 Å². The molecule has 0 aliphatic heterocycles. The van der Waals surface area contributed by atoms with Crippen molar-refractivity contribution in [3.8, 4) is 0 Å². The van der Waals surface area contributed by atoms with Gasteiger partial charge in [-0.3, -0.25) is 4.79 Å². The van der Waals surface area contributed by atoms with Gasteiger partial charge in [-0.25, -0.2) is 0 Å². The Balaban J connectivity index is 2.12. The van der Waals surface area contributed by atoms with E-state index in [0.717, 1.165) is 23.4 Å². The zero-order valence-electron chi connectivity index (χ0n) is 12.4. The van der Waals surface area contributed by atoms with Gasteiger partial charge < -0.3 is 4.90 Å². The Hall–Kier alpha value is -1.74. The molecule has 3 heteroatoms. The smallest absolute Gasteiger partial charge is 0.227 e. The van der Waals surface area contributed by atoms with Crippen LogP contribution < -0.4 is 4.90 Å². The number of benzene rings is 2. The van der Waals surface area contributed by atoms with E-state index in [9.17, 15) is 4.79 Å². The van der Waals surface area contributed by atoms with Gasteiger partial charge in [-0.1, -0.05) is 48.5 Å². The van der Waals surface area contributed by atoms with Gasteiger partial charge in [0.15, 0.2) is 0 Å². The van der Waals surface area contributed by atoms with E-state index < -0.39 is 0 Å². The highest BCUT2D eigenvalue weighted by Gasteiger charge is 2.15. The number of nitrogens with zero attached hydrogens (tertiary/aromatic N) is 1.